The molecule has 7 nitrogen and oxygen atoms in total. The summed E-state index contributed by atoms with van der Waals surface area (Å²) >= 11 is 0. The second-order valence-corrected chi connectivity index (χ2v) is 5.31. The highest BCUT2D eigenvalue weighted by atomic mass is 19.4. The molecule has 0 aliphatic rings. The molecule has 0 radical (unpaired) electrons. The van der Waals surface area contributed by atoms with Crippen molar-refractivity contribution >= 4 is 18.0 Å². The van der Waals surface area contributed by atoms with Crippen LogP contribution in [0.25, 0.3) is 0 Å². The summed E-state index contributed by atoms with van der Waals surface area (Å²) in [6.07, 6.45) is -3.31. The van der Waals surface area contributed by atoms with E-state index in [0.29, 0.717) is 6.21 Å². The number of carbonyl (C=O) groups excluding carboxylic acids is 1. The standard InChI is InChI=1S/C13H16F3N5O2/c1-12(2,3)23-11(22)21-9(6-17)10(13(14,15)16)20-8-4-5-18-19-7-8/h4-7,17H,1-3H3,(H,18,20)(H,21,22)/b10-9+,17-6?. The van der Waals surface area contributed by atoms with Crippen LogP contribution in [0.15, 0.2) is 29.9 Å². The molecular formula is C13H16F3N5O2. The van der Waals surface area contributed by atoms with Crippen molar-refractivity contribution in [3.05, 3.63) is 29.9 Å². The van der Waals surface area contributed by atoms with Crippen molar-refractivity contribution in [2.75, 3.05) is 5.32 Å². The summed E-state index contributed by atoms with van der Waals surface area (Å²) in [5.41, 5.74) is -3.01. The van der Waals surface area contributed by atoms with E-state index in [0.717, 1.165) is 6.20 Å². The highest BCUT2D eigenvalue weighted by Crippen LogP contribution is 2.28. The van der Waals surface area contributed by atoms with Crippen molar-refractivity contribution in [1.82, 2.24) is 15.5 Å². The fourth-order valence-corrected chi connectivity index (χ4v) is 1.38. The number of rotatable bonds is 4. The molecule has 10 heteroatoms. The molecule has 1 rings (SSSR count). The molecule has 3 N–H and O–H groups in total. The zero-order chi connectivity index (χ0) is 17.7. The smallest absolute Gasteiger partial charge is 0.433 e. The summed E-state index contributed by atoms with van der Waals surface area (Å²) in [6.45, 7) is 4.68. The topological polar surface area (TPSA) is 100.0 Å². The largest absolute Gasteiger partial charge is 0.444 e. The first kappa shape index (κ1) is 18.4. The van der Waals surface area contributed by atoms with E-state index >= 15 is 0 Å². The van der Waals surface area contributed by atoms with Crippen molar-refractivity contribution in [3.8, 4) is 0 Å². The summed E-state index contributed by atoms with van der Waals surface area (Å²) in [4.78, 5) is 11.6. The Labute approximate surface area is 130 Å². The predicted molar refractivity (Wildman–Crippen MR) is 76.9 cm³/mol. The van der Waals surface area contributed by atoms with E-state index < -0.39 is 29.3 Å². The van der Waals surface area contributed by atoms with Gasteiger partial charge in [0.1, 0.15) is 11.3 Å². The van der Waals surface area contributed by atoms with Gasteiger partial charge in [0.15, 0.2) is 0 Å². The van der Waals surface area contributed by atoms with Gasteiger partial charge in [-0.1, -0.05) is 0 Å². The van der Waals surface area contributed by atoms with Crippen LogP contribution in [0.2, 0.25) is 0 Å². The van der Waals surface area contributed by atoms with Crippen LogP contribution in [-0.2, 0) is 4.74 Å². The third kappa shape index (κ3) is 6.32. The van der Waals surface area contributed by atoms with Gasteiger partial charge in [-0.05, 0) is 26.8 Å². The fourth-order valence-electron chi connectivity index (χ4n) is 1.38. The van der Waals surface area contributed by atoms with Gasteiger partial charge in [-0.2, -0.15) is 23.4 Å². The van der Waals surface area contributed by atoms with Gasteiger partial charge < -0.3 is 15.5 Å². The molecule has 1 amide bonds. The SMILES string of the molecule is CC(C)(C)OC(=O)N/C(C=N)=C(/Nc1ccnnc1)C(F)(F)F. The lowest BCUT2D eigenvalue weighted by molar-refractivity contribution is -0.0909. The van der Waals surface area contributed by atoms with E-state index in [2.05, 4.69) is 15.5 Å². The van der Waals surface area contributed by atoms with Gasteiger partial charge in [-0.25, -0.2) is 4.79 Å². The molecule has 0 fully saturated rings. The number of nitrogens with one attached hydrogen (secondary N) is 3. The predicted octanol–water partition coefficient (Wildman–Crippen LogP) is 2.84. The van der Waals surface area contributed by atoms with Crippen molar-refractivity contribution in [1.29, 1.82) is 5.41 Å². The fraction of sp³-hybridized carbons (Fsp3) is 0.385. The molecule has 1 aromatic rings. The molecule has 126 valence electrons. The maximum atomic E-state index is 13.2. The maximum absolute atomic E-state index is 13.2. The van der Waals surface area contributed by atoms with Gasteiger partial charge in [0.2, 0.25) is 0 Å². The number of carbonyl (C=O) groups is 1. The number of amides is 1. The van der Waals surface area contributed by atoms with Crippen molar-refractivity contribution in [2.24, 2.45) is 0 Å². The Hall–Kier alpha value is -2.65. The Balaban J connectivity index is 3.11. The lowest BCUT2D eigenvalue weighted by Crippen LogP contribution is -2.35. The average molecular weight is 331 g/mol. The summed E-state index contributed by atoms with van der Waals surface area (Å²) in [5.74, 6) is 0. The third-order valence-corrected chi connectivity index (χ3v) is 2.19. The minimum Gasteiger partial charge on any atom is -0.444 e. The third-order valence-electron chi connectivity index (χ3n) is 2.19. The average Bonchev–Trinajstić information content (AvgIpc) is 2.40. The maximum Gasteiger partial charge on any atom is 0.433 e. The Bertz CT molecular complexity index is 594. The van der Waals surface area contributed by atoms with Crippen molar-refractivity contribution in [3.63, 3.8) is 0 Å². The van der Waals surface area contributed by atoms with E-state index in [9.17, 15) is 18.0 Å². The van der Waals surface area contributed by atoms with Crippen LogP contribution in [0.4, 0.5) is 23.7 Å². The normalized spacial score (nSPS) is 13.0. The van der Waals surface area contributed by atoms with Crippen molar-refractivity contribution < 1.29 is 22.7 Å². The summed E-state index contributed by atoms with van der Waals surface area (Å²) in [6, 6.07) is 1.26. The molecule has 0 saturated heterocycles. The van der Waals surface area contributed by atoms with Gasteiger partial charge in [0.05, 0.1) is 23.8 Å². The van der Waals surface area contributed by atoms with Gasteiger partial charge in [0, 0.05) is 6.21 Å². The van der Waals surface area contributed by atoms with Gasteiger partial charge in [-0.15, -0.1) is 0 Å². The zero-order valence-electron chi connectivity index (χ0n) is 12.7. The molecule has 0 bridgehead atoms. The van der Waals surface area contributed by atoms with Gasteiger partial charge >= 0.3 is 12.3 Å². The minimum atomic E-state index is -4.84. The Morgan fingerprint density at radius 3 is 2.39 bits per heavy atom. The van der Waals surface area contributed by atoms with E-state index in [-0.39, 0.29) is 5.69 Å². The lowest BCUT2D eigenvalue weighted by atomic mass is 10.2. The molecule has 1 aromatic heterocycles. The highest BCUT2D eigenvalue weighted by Gasteiger charge is 2.37. The zero-order valence-corrected chi connectivity index (χ0v) is 12.7. The van der Waals surface area contributed by atoms with E-state index in [1.165, 1.54) is 12.3 Å². The number of alkyl carbamates (subject to hydrolysis) is 1. The molecule has 0 aliphatic heterocycles. The van der Waals surface area contributed by atoms with Crippen LogP contribution in [0.5, 0.6) is 0 Å². The Morgan fingerprint density at radius 2 is 1.96 bits per heavy atom. The highest BCUT2D eigenvalue weighted by molar-refractivity contribution is 5.85. The quantitative estimate of drug-likeness (QED) is 0.737. The second kappa shape index (κ2) is 7.07. The Morgan fingerprint density at radius 1 is 1.30 bits per heavy atom. The molecule has 0 unspecified atom stereocenters. The van der Waals surface area contributed by atoms with Gasteiger partial charge in [0.25, 0.3) is 0 Å². The number of hydrogen-bond acceptors (Lipinski definition) is 6. The second-order valence-electron chi connectivity index (χ2n) is 5.31. The molecule has 0 aromatic carbocycles. The molecule has 0 saturated carbocycles. The summed E-state index contributed by atoms with van der Waals surface area (Å²) < 4.78 is 44.4. The van der Waals surface area contributed by atoms with E-state index in [1.807, 2.05) is 5.32 Å². The van der Waals surface area contributed by atoms with Crippen LogP contribution in [0.3, 0.4) is 0 Å². The molecule has 0 spiro atoms. The van der Waals surface area contributed by atoms with Gasteiger partial charge in [-0.3, -0.25) is 5.32 Å². The number of alkyl halides is 3. The number of halogens is 3. The van der Waals surface area contributed by atoms with Crippen molar-refractivity contribution in [2.45, 2.75) is 32.5 Å². The first-order valence-electron chi connectivity index (χ1n) is 6.38. The number of nitrogens with zero attached hydrogens (tertiary/aromatic N) is 2. The van der Waals surface area contributed by atoms with Crippen LogP contribution < -0.4 is 10.6 Å². The first-order valence-corrected chi connectivity index (χ1v) is 6.38. The summed E-state index contributed by atoms with van der Waals surface area (Å²) in [5, 5.41) is 18.0. The summed E-state index contributed by atoms with van der Waals surface area (Å²) in [7, 11) is 0. The number of aromatic nitrogens is 2. The number of hydrogen-bond donors (Lipinski definition) is 3. The minimum absolute atomic E-state index is 0.00216. The van der Waals surface area contributed by atoms with Crippen LogP contribution >= 0.6 is 0 Å². The number of ether oxygens (including phenoxy) is 1. The van der Waals surface area contributed by atoms with Crippen LogP contribution in [-0.4, -0.2) is 34.3 Å². The number of allylic oxidation sites excluding steroid dienone is 2. The molecule has 0 aliphatic carbocycles. The molecule has 23 heavy (non-hydrogen) atoms. The Kier molecular flexibility index (Phi) is 5.66. The first-order chi connectivity index (χ1) is 10.5. The molecular weight excluding hydrogens is 315 g/mol. The van der Waals surface area contributed by atoms with Crippen LogP contribution in [0.1, 0.15) is 20.8 Å². The monoisotopic (exact) mass is 331 g/mol. The van der Waals surface area contributed by atoms with E-state index in [4.69, 9.17) is 10.1 Å². The van der Waals surface area contributed by atoms with E-state index in [1.54, 1.807) is 20.8 Å². The van der Waals surface area contributed by atoms with Crippen LogP contribution in [0, 0.1) is 5.41 Å². The molecule has 0 atom stereocenters. The lowest BCUT2D eigenvalue weighted by Gasteiger charge is -2.21. The molecule has 1 heterocycles. The number of anilines is 1.